The predicted molar refractivity (Wildman–Crippen MR) is 93.9 cm³/mol. The zero-order valence-corrected chi connectivity index (χ0v) is 17.3. The first-order chi connectivity index (χ1) is 13.0. The van der Waals surface area contributed by atoms with E-state index in [1.807, 2.05) is 0 Å². The Morgan fingerprint density at radius 2 is 1.32 bits per heavy atom. The molecule has 1 amide bonds. The van der Waals surface area contributed by atoms with E-state index in [1.165, 1.54) is 6.92 Å². The highest BCUT2D eigenvalue weighted by Gasteiger charge is 2.52. The number of carbonyl (C=O) groups is 5. The molecule has 5 unspecified atom stereocenters. The number of esters is 4. The van der Waals surface area contributed by atoms with Gasteiger partial charge >= 0.3 is 23.9 Å². The molecule has 0 aromatic rings. The molecule has 1 fully saturated rings. The molecule has 1 saturated heterocycles. The molecule has 1 aliphatic rings. The highest BCUT2D eigenvalue weighted by Crippen LogP contribution is 2.28. The van der Waals surface area contributed by atoms with Crippen molar-refractivity contribution in [2.45, 2.75) is 58.3 Å². The molecule has 1 heterocycles. The zero-order valence-electron chi connectivity index (χ0n) is 15.8. The van der Waals surface area contributed by atoms with Crippen molar-refractivity contribution in [1.29, 1.82) is 0 Å². The second-order valence-corrected chi connectivity index (χ2v) is 6.38. The smallest absolute Gasteiger partial charge is 0.303 e. The Bertz CT molecular complexity index is 625. The van der Waals surface area contributed by atoms with Gasteiger partial charge in [-0.2, -0.15) is 0 Å². The molecule has 0 aromatic heterocycles. The summed E-state index contributed by atoms with van der Waals surface area (Å²) in [6.45, 7) is 4.14. The molecule has 12 heteroatoms. The molecule has 0 radical (unpaired) electrons. The van der Waals surface area contributed by atoms with Crippen molar-refractivity contribution in [2.24, 2.45) is 0 Å². The Morgan fingerprint density at radius 3 is 1.79 bits per heavy atom. The summed E-state index contributed by atoms with van der Waals surface area (Å²) in [5.41, 5.74) is 0. The molecular formula is C16H22BrNO10. The van der Waals surface area contributed by atoms with Crippen LogP contribution in [0.4, 0.5) is 0 Å². The number of hydrogen-bond donors (Lipinski definition) is 1. The number of ether oxygens (including phenoxy) is 5. The van der Waals surface area contributed by atoms with Gasteiger partial charge in [-0.1, -0.05) is 15.9 Å². The van der Waals surface area contributed by atoms with Crippen LogP contribution < -0.4 is 5.32 Å². The molecule has 0 bridgehead atoms. The summed E-state index contributed by atoms with van der Waals surface area (Å²) in [6, 6.07) is 0. The van der Waals surface area contributed by atoms with E-state index in [1.54, 1.807) is 0 Å². The highest BCUT2D eigenvalue weighted by molar-refractivity contribution is 9.09. The molecule has 158 valence electrons. The Kier molecular flexibility index (Phi) is 9.32. The molecule has 0 aromatic carbocycles. The average molecular weight is 468 g/mol. The van der Waals surface area contributed by atoms with E-state index in [9.17, 15) is 24.0 Å². The zero-order chi connectivity index (χ0) is 21.4. The topological polar surface area (TPSA) is 144 Å². The van der Waals surface area contributed by atoms with Gasteiger partial charge in [0.05, 0.1) is 5.33 Å². The number of amides is 1. The largest absolute Gasteiger partial charge is 0.463 e. The molecule has 0 spiro atoms. The van der Waals surface area contributed by atoms with Gasteiger partial charge in [-0.3, -0.25) is 24.0 Å². The predicted octanol–water partition coefficient (Wildman–Crippen LogP) is -0.419. The van der Waals surface area contributed by atoms with Gasteiger partial charge in [0.15, 0.2) is 24.5 Å². The van der Waals surface area contributed by atoms with Gasteiger partial charge in [-0.05, 0) is 0 Å². The van der Waals surface area contributed by atoms with Crippen LogP contribution in [0.2, 0.25) is 0 Å². The van der Waals surface area contributed by atoms with Gasteiger partial charge in [-0.15, -0.1) is 0 Å². The van der Waals surface area contributed by atoms with E-state index in [2.05, 4.69) is 21.2 Å². The number of halogens is 1. The molecule has 5 atom stereocenters. The lowest BCUT2D eigenvalue weighted by Gasteiger charge is -2.44. The first-order valence-electron chi connectivity index (χ1n) is 8.21. The highest BCUT2D eigenvalue weighted by atomic mass is 79.9. The van der Waals surface area contributed by atoms with Crippen LogP contribution in [0.25, 0.3) is 0 Å². The Balaban J connectivity index is 3.30. The van der Waals surface area contributed by atoms with Crippen LogP contribution in [0.1, 0.15) is 27.7 Å². The van der Waals surface area contributed by atoms with Gasteiger partial charge < -0.3 is 29.0 Å². The van der Waals surface area contributed by atoms with Crippen molar-refractivity contribution in [3.05, 3.63) is 0 Å². The van der Waals surface area contributed by atoms with Crippen LogP contribution in [-0.2, 0) is 47.7 Å². The summed E-state index contributed by atoms with van der Waals surface area (Å²) in [6.07, 6.45) is -6.26. The van der Waals surface area contributed by atoms with Crippen LogP contribution in [0.3, 0.4) is 0 Å². The second-order valence-electron chi connectivity index (χ2n) is 5.82. The number of hydrogen-bond acceptors (Lipinski definition) is 10. The van der Waals surface area contributed by atoms with Crippen molar-refractivity contribution >= 4 is 45.7 Å². The molecule has 0 aliphatic carbocycles. The molecule has 11 nitrogen and oxygen atoms in total. The van der Waals surface area contributed by atoms with Crippen molar-refractivity contribution in [3.8, 4) is 0 Å². The molecular weight excluding hydrogens is 446 g/mol. The van der Waals surface area contributed by atoms with E-state index in [4.69, 9.17) is 23.7 Å². The van der Waals surface area contributed by atoms with Crippen LogP contribution in [0, 0.1) is 0 Å². The second kappa shape index (κ2) is 11.0. The van der Waals surface area contributed by atoms with E-state index < -0.39 is 60.4 Å². The first kappa shape index (κ1) is 23.8. The van der Waals surface area contributed by atoms with Crippen LogP contribution >= 0.6 is 15.9 Å². The van der Waals surface area contributed by atoms with Gasteiger partial charge in [-0.25, -0.2) is 0 Å². The summed E-state index contributed by atoms with van der Waals surface area (Å²) >= 11 is 2.98. The SMILES string of the molecule is CC(=O)OCC1OC(NC(=O)CBr)C(OC(C)=O)C(OC(C)=O)C1OC(C)=O. The summed E-state index contributed by atoms with van der Waals surface area (Å²) in [7, 11) is 0. The third kappa shape index (κ3) is 7.43. The lowest BCUT2D eigenvalue weighted by atomic mass is 9.97. The Labute approximate surface area is 169 Å². The fourth-order valence-electron chi connectivity index (χ4n) is 2.54. The summed E-state index contributed by atoms with van der Waals surface area (Å²) in [5.74, 6) is -3.37. The number of alkyl halides is 1. The maximum Gasteiger partial charge on any atom is 0.303 e. The van der Waals surface area contributed by atoms with Gasteiger partial charge in [0, 0.05) is 27.7 Å². The fourth-order valence-corrected chi connectivity index (χ4v) is 2.70. The molecule has 28 heavy (non-hydrogen) atoms. The van der Waals surface area contributed by atoms with E-state index in [0.717, 1.165) is 20.8 Å². The molecule has 1 aliphatic heterocycles. The molecule has 1 rings (SSSR count). The quantitative estimate of drug-likeness (QED) is 0.297. The van der Waals surface area contributed by atoms with Crippen molar-refractivity contribution in [1.82, 2.24) is 5.32 Å². The van der Waals surface area contributed by atoms with E-state index in [0.29, 0.717) is 0 Å². The van der Waals surface area contributed by atoms with Crippen molar-refractivity contribution in [2.75, 3.05) is 11.9 Å². The monoisotopic (exact) mass is 467 g/mol. The average Bonchev–Trinajstić information content (AvgIpc) is 2.57. The van der Waals surface area contributed by atoms with Gasteiger partial charge in [0.1, 0.15) is 12.7 Å². The minimum Gasteiger partial charge on any atom is -0.463 e. The molecule has 1 N–H and O–H groups in total. The first-order valence-corrected chi connectivity index (χ1v) is 9.33. The number of carbonyl (C=O) groups excluding carboxylic acids is 5. The Hall–Kier alpha value is -2.21. The van der Waals surface area contributed by atoms with E-state index >= 15 is 0 Å². The standard InChI is InChI=1S/C16H22BrNO10/c1-7(19)24-6-11-13(25-8(2)20)14(26-9(3)21)15(27-10(4)22)16(28-11)18-12(23)5-17/h11,13-16H,5-6H2,1-4H3,(H,18,23). The fraction of sp³-hybridized carbons (Fsp3) is 0.688. The summed E-state index contributed by atoms with van der Waals surface area (Å²) in [5, 5.41) is 2.38. The maximum absolute atomic E-state index is 11.8. The Morgan fingerprint density at radius 1 is 0.821 bits per heavy atom. The minimum atomic E-state index is -1.32. The lowest BCUT2D eigenvalue weighted by molar-refractivity contribution is -0.256. The van der Waals surface area contributed by atoms with Gasteiger partial charge in [0.2, 0.25) is 5.91 Å². The van der Waals surface area contributed by atoms with Crippen LogP contribution in [0.15, 0.2) is 0 Å². The normalized spacial score (nSPS) is 26.5. The van der Waals surface area contributed by atoms with Gasteiger partial charge in [0.25, 0.3) is 0 Å². The third-order valence-electron chi connectivity index (χ3n) is 3.42. The summed E-state index contributed by atoms with van der Waals surface area (Å²) < 4.78 is 26.2. The molecule has 0 saturated carbocycles. The number of nitrogens with one attached hydrogen (secondary N) is 1. The van der Waals surface area contributed by atoms with Crippen molar-refractivity contribution < 1.29 is 47.7 Å². The summed E-state index contributed by atoms with van der Waals surface area (Å²) in [4.78, 5) is 57.7. The van der Waals surface area contributed by atoms with Crippen LogP contribution in [-0.4, -0.2) is 72.4 Å². The van der Waals surface area contributed by atoms with Crippen molar-refractivity contribution in [3.63, 3.8) is 0 Å². The van der Waals surface area contributed by atoms with E-state index in [-0.39, 0.29) is 11.9 Å². The maximum atomic E-state index is 11.8. The third-order valence-corrected chi connectivity index (χ3v) is 3.92. The number of rotatable bonds is 7. The minimum absolute atomic E-state index is 0.0835. The van der Waals surface area contributed by atoms with Crippen LogP contribution in [0.5, 0.6) is 0 Å². The lowest BCUT2D eigenvalue weighted by Crippen LogP contribution is -2.66.